The van der Waals surface area contributed by atoms with Gasteiger partial charge < -0.3 is 5.32 Å². The maximum absolute atomic E-state index is 12.7. The third kappa shape index (κ3) is 3.30. The number of anilines is 1. The molecule has 94 valence electrons. The van der Waals surface area contributed by atoms with Crippen LogP contribution in [-0.4, -0.2) is 8.42 Å². The Morgan fingerprint density at radius 3 is 2.11 bits per heavy atom. The van der Waals surface area contributed by atoms with E-state index < -0.39 is 10.2 Å². The van der Waals surface area contributed by atoms with Crippen LogP contribution in [-0.2, 0) is 16.8 Å². The largest absolute Gasteiger partial charge is 0.381 e. The Morgan fingerprint density at radius 2 is 1.56 bits per heavy atom. The molecular weight excluding hydrogens is 253 g/mol. The summed E-state index contributed by atoms with van der Waals surface area (Å²) in [5.74, 6) is 0. The highest BCUT2D eigenvalue weighted by molar-refractivity contribution is 7.86. The number of para-hydroxylation sites is 1. The van der Waals surface area contributed by atoms with E-state index in [1.807, 2.05) is 30.3 Å². The zero-order chi connectivity index (χ0) is 13.0. The highest BCUT2D eigenvalue weighted by atomic mass is 32.3. The Morgan fingerprint density at radius 1 is 0.944 bits per heavy atom. The summed E-state index contributed by atoms with van der Waals surface area (Å²) in [4.78, 5) is -0.314. The van der Waals surface area contributed by atoms with Crippen LogP contribution in [0, 0.1) is 0 Å². The van der Waals surface area contributed by atoms with Crippen LogP contribution in [0.25, 0.3) is 0 Å². The van der Waals surface area contributed by atoms with Crippen molar-refractivity contribution in [1.82, 2.24) is 0 Å². The summed E-state index contributed by atoms with van der Waals surface area (Å²) in [6.07, 6.45) is 0. The predicted octanol–water partition coefficient (Wildman–Crippen LogP) is 2.96. The molecule has 0 amide bonds. The Balaban J connectivity index is 2.03. The fourth-order valence-corrected chi connectivity index (χ4v) is 1.99. The monoisotopic (exact) mass is 265 g/mol. The van der Waals surface area contributed by atoms with Crippen molar-refractivity contribution in [3.8, 4) is 0 Å². The molecule has 0 aliphatic carbocycles. The van der Waals surface area contributed by atoms with Crippen LogP contribution < -0.4 is 5.32 Å². The van der Waals surface area contributed by atoms with Gasteiger partial charge in [0.05, 0.1) is 4.90 Å². The van der Waals surface area contributed by atoms with E-state index in [2.05, 4.69) is 5.32 Å². The average molecular weight is 265 g/mol. The second-order valence-corrected chi connectivity index (χ2v) is 5.15. The van der Waals surface area contributed by atoms with E-state index in [1.165, 1.54) is 12.1 Å². The Labute approximate surface area is 105 Å². The highest BCUT2D eigenvalue weighted by Gasteiger charge is 2.10. The van der Waals surface area contributed by atoms with Crippen molar-refractivity contribution in [3.63, 3.8) is 0 Å². The summed E-state index contributed by atoms with van der Waals surface area (Å²) in [6, 6.07) is 15.3. The fourth-order valence-electron chi connectivity index (χ4n) is 1.53. The quantitative estimate of drug-likeness (QED) is 0.864. The lowest BCUT2D eigenvalue weighted by Crippen LogP contribution is -1.99. The van der Waals surface area contributed by atoms with Gasteiger partial charge in [-0.2, -0.15) is 8.42 Å². The average Bonchev–Trinajstić information content (AvgIpc) is 2.37. The third-order valence-corrected chi connectivity index (χ3v) is 3.31. The zero-order valence-corrected chi connectivity index (χ0v) is 10.3. The molecule has 0 radical (unpaired) electrons. The van der Waals surface area contributed by atoms with Crippen LogP contribution in [0.3, 0.4) is 0 Å². The SMILES string of the molecule is O=S(=O)(F)c1ccc(CNc2ccccc2)cc1. The lowest BCUT2D eigenvalue weighted by atomic mass is 10.2. The van der Waals surface area contributed by atoms with Gasteiger partial charge in [-0.1, -0.05) is 30.3 Å². The molecule has 5 heteroatoms. The van der Waals surface area contributed by atoms with E-state index >= 15 is 0 Å². The Kier molecular flexibility index (Phi) is 3.62. The number of hydrogen-bond acceptors (Lipinski definition) is 3. The van der Waals surface area contributed by atoms with Crippen molar-refractivity contribution in [3.05, 3.63) is 60.2 Å². The van der Waals surface area contributed by atoms with E-state index in [0.717, 1.165) is 11.3 Å². The van der Waals surface area contributed by atoms with Crippen LogP contribution in [0.15, 0.2) is 59.5 Å². The molecule has 0 fully saturated rings. The number of rotatable bonds is 4. The van der Waals surface area contributed by atoms with E-state index in [-0.39, 0.29) is 4.90 Å². The second-order valence-electron chi connectivity index (χ2n) is 3.80. The minimum Gasteiger partial charge on any atom is -0.381 e. The van der Waals surface area contributed by atoms with Gasteiger partial charge in [-0.3, -0.25) is 0 Å². The van der Waals surface area contributed by atoms with Gasteiger partial charge in [0.15, 0.2) is 0 Å². The topological polar surface area (TPSA) is 46.2 Å². The minimum atomic E-state index is -4.61. The summed E-state index contributed by atoms with van der Waals surface area (Å²) in [5.41, 5.74) is 1.85. The molecule has 2 rings (SSSR count). The van der Waals surface area contributed by atoms with Crippen molar-refractivity contribution in [2.24, 2.45) is 0 Å². The molecule has 0 saturated carbocycles. The van der Waals surface area contributed by atoms with Crippen molar-refractivity contribution < 1.29 is 12.3 Å². The molecule has 0 atom stereocenters. The summed E-state index contributed by atoms with van der Waals surface area (Å²) >= 11 is 0. The Bertz CT molecular complexity index is 609. The lowest BCUT2D eigenvalue weighted by molar-refractivity contribution is 0.552. The minimum absolute atomic E-state index is 0.314. The predicted molar refractivity (Wildman–Crippen MR) is 68.5 cm³/mol. The summed E-state index contributed by atoms with van der Waals surface area (Å²) in [5, 5.41) is 3.18. The first-order valence-corrected chi connectivity index (χ1v) is 6.76. The van der Waals surface area contributed by atoms with Crippen molar-refractivity contribution >= 4 is 15.9 Å². The second kappa shape index (κ2) is 5.18. The van der Waals surface area contributed by atoms with Crippen LogP contribution in [0.5, 0.6) is 0 Å². The van der Waals surface area contributed by atoms with Gasteiger partial charge in [-0.25, -0.2) is 0 Å². The number of benzene rings is 2. The van der Waals surface area contributed by atoms with E-state index in [9.17, 15) is 12.3 Å². The summed E-state index contributed by atoms with van der Waals surface area (Å²) in [7, 11) is -4.61. The van der Waals surface area contributed by atoms with Gasteiger partial charge in [-0.15, -0.1) is 3.89 Å². The first kappa shape index (κ1) is 12.6. The molecule has 0 aliphatic heterocycles. The highest BCUT2D eigenvalue weighted by Crippen LogP contribution is 2.14. The number of nitrogens with one attached hydrogen (secondary N) is 1. The van der Waals surface area contributed by atoms with Gasteiger partial charge >= 0.3 is 10.2 Å². The number of hydrogen-bond donors (Lipinski definition) is 1. The maximum Gasteiger partial charge on any atom is 0.332 e. The maximum atomic E-state index is 12.7. The molecule has 0 bridgehead atoms. The summed E-state index contributed by atoms with van der Waals surface area (Å²) < 4.78 is 33.9. The van der Waals surface area contributed by atoms with E-state index in [1.54, 1.807) is 12.1 Å². The van der Waals surface area contributed by atoms with E-state index in [0.29, 0.717) is 6.54 Å². The fraction of sp³-hybridized carbons (Fsp3) is 0.0769. The third-order valence-electron chi connectivity index (χ3n) is 2.48. The molecule has 18 heavy (non-hydrogen) atoms. The molecular formula is C13H12FNO2S. The first-order chi connectivity index (χ1) is 8.55. The first-order valence-electron chi connectivity index (χ1n) is 5.38. The zero-order valence-electron chi connectivity index (χ0n) is 9.51. The van der Waals surface area contributed by atoms with Gasteiger partial charge in [0.1, 0.15) is 0 Å². The van der Waals surface area contributed by atoms with Gasteiger partial charge in [0, 0.05) is 12.2 Å². The van der Waals surface area contributed by atoms with Crippen LogP contribution in [0.1, 0.15) is 5.56 Å². The standard InChI is InChI=1S/C13H12FNO2S/c14-18(16,17)13-8-6-11(7-9-13)10-15-12-4-2-1-3-5-12/h1-9,15H,10H2. The van der Waals surface area contributed by atoms with Crippen molar-refractivity contribution in [2.45, 2.75) is 11.4 Å². The van der Waals surface area contributed by atoms with Crippen molar-refractivity contribution in [1.29, 1.82) is 0 Å². The van der Waals surface area contributed by atoms with Crippen LogP contribution in [0.4, 0.5) is 9.57 Å². The van der Waals surface area contributed by atoms with Crippen molar-refractivity contribution in [2.75, 3.05) is 5.32 Å². The molecule has 0 aromatic heterocycles. The lowest BCUT2D eigenvalue weighted by Gasteiger charge is -2.06. The van der Waals surface area contributed by atoms with Gasteiger partial charge in [-0.05, 0) is 29.8 Å². The molecule has 0 spiro atoms. The molecule has 2 aromatic carbocycles. The molecule has 0 aliphatic rings. The van der Waals surface area contributed by atoms with Crippen LogP contribution >= 0.6 is 0 Å². The van der Waals surface area contributed by atoms with Crippen LogP contribution in [0.2, 0.25) is 0 Å². The molecule has 1 N–H and O–H groups in total. The number of halogens is 1. The molecule has 0 saturated heterocycles. The molecule has 3 nitrogen and oxygen atoms in total. The van der Waals surface area contributed by atoms with E-state index in [4.69, 9.17) is 0 Å². The van der Waals surface area contributed by atoms with Gasteiger partial charge in [0.2, 0.25) is 0 Å². The Hall–Kier alpha value is -1.88. The molecule has 2 aromatic rings. The molecule has 0 unspecified atom stereocenters. The summed E-state index contributed by atoms with van der Waals surface area (Å²) in [6.45, 7) is 0.552. The van der Waals surface area contributed by atoms with Gasteiger partial charge in [0.25, 0.3) is 0 Å². The normalized spacial score (nSPS) is 11.2. The smallest absolute Gasteiger partial charge is 0.332 e. The molecule has 0 heterocycles.